The SMILES string of the molecule is Br.CCCCCC(=O)OC(=O)C(Cl)CCCC.N.N. The Kier molecular flexibility index (Phi) is 25.5. The van der Waals surface area contributed by atoms with Crippen LogP contribution in [-0.4, -0.2) is 17.3 Å². The van der Waals surface area contributed by atoms with Crippen LogP contribution in [0.2, 0.25) is 0 Å². The third kappa shape index (κ3) is 15.8. The molecule has 6 N–H and O–H groups in total. The van der Waals surface area contributed by atoms with Crippen molar-refractivity contribution in [2.45, 2.75) is 64.2 Å². The molecule has 0 radical (unpaired) electrons. The molecule has 0 heterocycles. The van der Waals surface area contributed by atoms with Gasteiger partial charge in [-0.1, -0.05) is 39.5 Å². The minimum Gasteiger partial charge on any atom is -0.392 e. The Balaban J connectivity index is -0.000000375. The van der Waals surface area contributed by atoms with E-state index >= 15 is 0 Å². The van der Waals surface area contributed by atoms with E-state index in [0.29, 0.717) is 12.8 Å². The Morgan fingerprint density at radius 3 is 2.05 bits per heavy atom. The highest BCUT2D eigenvalue weighted by Gasteiger charge is 2.19. The highest BCUT2D eigenvalue weighted by Crippen LogP contribution is 2.10. The van der Waals surface area contributed by atoms with Gasteiger partial charge >= 0.3 is 11.9 Å². The molecule has 0 bridgehead atoms. The van der Waals surface area contributed by atoms with E-state index in [-0.39, 0.29) is 29.3 Å². The molecule has 0 fully saturated rings. The molecule has 1 unspecified atom stereocenters. The molecule has 118 valence electrons. The summed E-state index contributed by atoms with van der Waals surface area (Å²) in [5.74, 6) is -1.06. The first-order valence-electron chi connectivity index (χ1n) is 6.00. The fraction of sp³-hybridized carbons (Fsp3) is 0.833. The third-order valence-corrected chi connectivity index (χ3v) is 2.66. The van der Waals surface area contributed by atoms with Crippen LogP contribution in [0.15, 0.2) is 0 Å². The maximum atomic E-state index is 11.3. The summed E-state index contributed by atoms with van der Waals surface area (Å²) in [6.07, 6.45) is 5.49. The fourth-order valence-corrected chi connectivity index (χ4v) is 1.45. The zero-order chi connectivity index (χ0) is 12.4. The van der Waals surface area contributed by atoms with Crippen molar-refractivity contribution < 1.29 is 14.3 Å². The van der Waals surface area contributed by atoms with Crippen molar-refractivity contribution in [1.29, 1.82) is 0 Å². The Bertz CT molecular complexity index is 231. The van der Waals surface area contributed by atoms with Gasteiger partial charge in [-0.25, -0.2) is 4.79 Å². The van der Waals surface area contributed by atoms with Crippen molar-refractivity contribution in [3.8, 4) is 0 Å². The topological polar surface area (TPSA) is 113 Å². The molecule has 5 nitrogen and oxygen atoms in total. The molecule has 0 spiro atoms. The summed E-state index contributed by atoms with van der Waals surface area (Å²) < 4.78 is 4.65. The monoisotopic (exact) mass is 362 g/mol. The largest absolute Gasteiger partial charge is 0.392 e. The normalized spacial score (nSPS) is 10.3. The first-order chi connectivity index (χ1) is 7.61. The van der Waals surface area contributed by atoms with Crippen molar-refractivity contribution in [3.63, 3.8) is 0 Å². The molecule has 19 heavy (non-hydrogen) atoms. The number of alkyl halides is 1. The van der Waals surface area contributed by atoms with Gasteiger partial charge in [-0.3, -0.25) is 4.79 Å². The van der Waals surface area contributed by atoms with Crippen LogP contribution in [0, 0.1) is 0 Å². The van der Waals surface area contributed by atoms with Gasteiger partial charge in [0.05, 0.1) is 0 Å². The summed E-state index contributed by atoms with van der Waals surface area (Å²) in [5.41, 5.74) is 0. The number of hydrogen-bond donors (Lipinski definition) is 2. The van der Waals surface area contributed by atoms with E-state index in [1.807, 2.05) is 6.92 Å². The predicted octanol–water partition coefficient (Wildman–Crippen LogP) is 4.34. The molecule has 0 aromatic heterocycles. The minimum absolute atomic E-state index is 0. The summed E-state index contributed by atoms with van der Waals surface area (Å²) in [7, 11) is 0. The number of unbranched alkanes of at least 4 members (excludes halogenated alkanes) is 3. The van der Waals surface area contributed by atoms with Crippen LogP contribution in [0.1, 0.15) is 58.8 Å². The number of carbonyl (C=O) groups is 2. The van der Waals surface area contributed by atoms with Crippen molar-refractivity contribution in [2.24, 2.45) is 0 Å². The lowest BCUT2D eigenvalue weighted by atomic mass is 10.2. The number of carbonyl (C=O) groups excluding carboxylic acids is 2. The van der Waals surface area contributed by atoms with Gasteiger partial charge in [0.25, 0.3) is 0 Å². The van der Waals surface area contributed by atoms with Crippen LogP contribution < -0.4 is 12.3 Å². The fourth-order valence-electron chi connectivity index (χ4n) is 1.25. The van der Waals surface area contributed by atoms with Crippen LogP contribution >= 0.6 is 28.6 Å². The molecule has 0 aliphatic rings. The molecular weight excluding hydrogens is 336 g/mol. The standard InChI is InChI=1S/C12H21ClO3.BrH.2H3N/c1-3-5-7-9-11(14)16-12(15)10(13)8-6-4-2;;;/h10H,3-9H2,1-2H3;1H;2*1H3. The van der Waals surface area contributed by atoms with Crippen LogP contribution in [-0.2, 0) is 14.3 Å². The second-order valence-electron chi connectivity index (χ2n) is 3.86. The van der Waals surface area contributed by atoms with Gasteiger partial charge < -0.3 is 17.0 Å². The van der Waals surface area contributed by atoms with Crippen molar-refractivity contribution in [2.75, 3.05) is 0 Å². The van der Waals surface area contributed by atoms with Gasteiger partial charge in [-0.05, 0) is 12.8 Å². The van der Waals surface area contributed by atoms with E-state index in [1.165, 1.54) is 0 Å². The molecule has 0 aromatic carbocycles. The summed E-state index contributed by atoms with van der Waals surface area (Å²) in [6.45, 7) is 4.07. The van der Waals surface area contributed by atoms with Crippen LogP contribution in [0.25, 0.3) is 0 Å². The highest BCUT2D eigenvalue weighted by molar-refractivity contribution is 8.93. The minimum atomic E-state index is -0.685. The number of hydrogen-bond acceptors (Lipinski definition) is 5. The predicted molar refractivity (Wildman–Crippen MR) is 84.8 cm³/mol. The maximum absolute atomic E-state index is 11.3. The van der Waals surface area contributed by atoms with E-state index in [1.54, 1.807) is 0 Å². The third-order valence-electron chi connectivity index (χ3n) is 2.27. The average Bonchev–Trinajstić information content (AvgIpc) is 2.26. The highest BCUT2D eigenvalue weighted by atomic mass is 79.9. The Hall–Kier alpha value is -0.170. The van der Waals surface area contributed by atoms with Gasteiger partial charge in [-0.2, -0.15) is 0 Å². The summed E-state index contributed by atoms with van der Waals surface area (Å²) >= 11 is 5.79. The van der Waals surface area contributed by atoms with Gasteiger partial charge in [-0.15, -0.1) is 28.6 Å². The van der Waals surface area contributed by atoms with E-state index in [0.717, 1.165) is 32.1 Å². The van der Waals surface area contributed by atoms with Crippen LogP contribution in [0.5, 0.6) is 0 Å². The first-order valence-corrected chi connectivity index (χ1v) is 6.44. The molecule has 1 atom stereocenters. The van der Waals surface area contributed by atoms with Crippen molar-refractivity contribution in [1.82, 2.24) is 12.3 Å². The number of halogens is 2. The van der Waals surface area contributed by atoms with E-state index in [2.05, 4.69) is 11.7 Å². The quantitative estimate of drug-likeness (QED) is 0.288. The molecule has 0 rings (SSSR count). The van der Waals surface area contributed by atoms with Crippen LogP contribution in [0.4, 0.5) is 0 Å². The molecule has 0 aliphatic carbocycles. The summed E-state index contributed by atoms with van der Waals surface area (Å²) in [6, 6.07) is 0. The molecule has 7 heteroatoms. The van der Waals surface area contributed by atoms with E-state index < -0.39 is 17.3 Å². The number of esters is 2. The van der Waals surface area contributed by atoms with Crippen molar-refractivity contribution >= 4 is 40.5 Å². The van der Waals surface area contributed by atoms with Gasteiger partial charge in [0.2, 0.25) is 0 Å². The molecule has 0 saturated carbocycles. The summed E-state index contributed by atoms with van der Waals surface area (Å²) in [5, 5.41) is -0.685. The zero-order valence-electron chi connectivity index (χ0n) is 12.0. The molecule has 0 aromatic rings. The van der Waals surface area contributed by atoms with E-state index in [9.17, 15) is 9.59 Å². The number of ether oxygens (including phenoxy) is 1. The Morgan fingerprint density at radius 2 is 1.58 bits per heavy atom. The lowest BCUT2D eigenvalue weighted by Crippen LogP contribution is -2.21. The molecule has 0 aliphatic heterocycles. The Morgan fingerprint density at radius 1 is 1.05 bits per heavy atom. The lowest BCUT2D eigenvalue weighted by molar-refractivity contribution is -0.159. The first kappa shape index (κ1) is 27.2. The lowest BCUT2D eigenvalue weighted by Gasteiger charge is -2.07. The van der Waals surface area contributed by atoms with Gasteiger partial charge in [0.1, 0.15) is 5.38 Å². The molecular formula is C12H28BrClN2O3. The molecule has 0 amide bonds. The smallest absolute Gasteiger partial charge is 0.331 e. The second-order valence-corrected chi connectivity index (χ2v) is 4.39. The second kappa shape index (κ2) is 17.8. The summed E-state index contributed by atoms with van der Waals surface area (Å²) in [4.78, 5) is 22.5. The van der Waals surface area contributed by atoms with Gasteiger partial charge in [0, 0.05) is 6.42 Å². The van der Waals surface area contributed by atoms with Crippen molar-refractivity contribution in [3.05, 3.63) is 0 Å². The van der Waals surface area contributed by atoms with E-state index in [4.69, 9.17) is 11.6 Å². The zero-order valence-corrected chi connectivity index (χ0v) is 14.4. The Labute approximate surface area is 131 Å². The molecule has 0 saturated heterocycles. The number of rotatable bonds is 8. The van der Waals surface area contributed by atoms with Crippen LogP contribution in [0.3, 0.4) is 0 Å². The maximum Gasteiger partial charge on any atom is 0.331 e. The average molecular weight is 364 g/mol. The van der Waals surface area contributed by atoms with Gasteiger partial charge in [0.15, 0.2) is 0 Å².